The maximum absolute atomic E-state index is 13.6. The summed E-state index contributed by atoms with van der Waals surface area (Å²) in [5.41, 5.74) is 6.04. The van der Waals surface area contributed by atoms with Gasteiger partial charge in [-0.05, 0) is 32.4 Å². The number of hydrogen-bond donors (Lipinski definition) is 3. The summed E-state index contributed by atoms with van der Waals surface area (Å²) in [5.74, 6) is 0.0840. The van der Waals surface area contributed by atoms with Gasteiger partial charge >= 0.3 is 0 Å². The second-order valence-electron chi connectivity index (χ2n) is 6.02. The molecule has 0 spiro atoms. The summed E-state index contributed by atoms with van der Waals surface area (Å²) in [6.07, 6.45) is 2.76. The van der Waals surface area contributed by atoms with E-state index in [-0.39, 0.29) is 23.1 Å². The molecule has 0 radical (unpaired) electrons. The molecule has 5 heteroatoms. The van der Waals surface area contributed by atoms with Crippen LogP contribution in [0, 0.1) is 11.2 Å². The average molecular weight is 295 g/mol. The third-order valence-corrected chi connectivity index (χ3v) is 3.85. The highest BCUT2D eigenvalue weighted by Crippen LogP contribution is 2.23. The van der Waals surface area contributed by atoms with Crippen molar-refractivity contribution in [2.75, 3.05) is 6.54 Å². The lowest BCUT2D eigenvalue weighted by Gasteiger charge is -2.22. The number of benzene rings is 1. The lowest BCUT2D eigenvalue weighted by atomic mass is 9.86. The van der Waals surface area contributed by atoms with Gasteiger partial charge < -0.3 is 16.3 Å². The zero-order chi connectivity index (χ0) is 15.9. The minimum atomic E-state index is -0.300. The Morgan fingerprint density at radius 3 is 2.67 bits per heavy atom. The summed E-state index contributed by atoms with van der Waals surface area (Å²) in [5, 5.41) is 15.1. The standard InChI is InChI=1S/C16H26FN3O/c1-12(13-8-4-5-9-14(13)17)19-11-7-6-10-16(2,3)15(18)20-21/h4-5,8-9,12,19,21H,6-7,10-11H2,1-3H3,(H2,18,20). The highest BCUT2D eigenvalue weighted by Gasteiger charge is 2.22. The molecule has 0 aromatic heterocycles. The summed E-state index contributed by atoms with van der Waals surface area (Å²) in [7, 11) is 0. The first-order chi connectivity index (χ1) is 9.88. The molecule has 0 bridgehead atoms. The summed E-state index contributed by atoms with van der Waals surface area (Å²) in [4.78, 5) is 0. The molecule has 0 fully saturated rings. The fourth-order valence-corrected chi connectivity index (χ4v) is 2.21. The van der Waals surface area contributed by atoms with Crippen molar-refractivity contribution in [3.63, 3.8) is 0 Å². The van der Waals surface area contributed by atoms with Gasteiger partial charge in [0.2, 0.25) is 0 Å². The van der Waals surface area contributed by atoms with Crippen molar-refractivity contribution in [2.24, 2.45) is 16.3 Å². The van der Waals surface area contributed by atoms with Crippen LogP contribution in [0.1, 0.15) is 51.6 Å². The molecule has 0 aliphatic carbocycles. The van der Waals surface area contributed by atoms with Gasteiger partial charge in [-0.15, -0.1) is 0 Å². The van der Waals surface area contributed by atoms with Gasteiger partial charge in [0.05, 0.1) is 0 Å². The lowest BCUT2D eigenvalue weighted by Crippen LogP contribution is -2.32. The summed E-state index contributed by atoms with van der Waals surface area (Å²) in [6.45, 7) is 6.68. The molecule has 0 aliphatic heterocycles. The molecule has 4 N–H and O–H groups in total. The van der Waals surface area contributed by atoms with Crippen molar-refractivity contribution in [1.82, 2.24) is 5.32 Å². The topological polar surface area (TPSA) is 70.6 Å². The summed E-state index contributed by atoms with van der Waals surface area (Å²) >= 11 is 0. The van der Waals surface area contributed by atoms with E-state index in [1.807, 2.05) is 26.8 Å². The quantitative estimate of drug-likeness (QED) is 0.226. The number of nitrogens with two attached hydrogens (primary N) is 1. The van der Waals surface area contributed by atoms with E-state index in [4.69, 9.17) is 10.9 Å². The second kappa shape index (κ2) is 7.98. The van der Waals surface area contributed by atoms with Gasteiger partial charge in [-0.1, -0.05) is 43.6 Å². The van der Waals surface area contributed by atoms with Crippen LogP contribution in [0.2, 0.25) is 0 Å². The van der Waals surface area contributed by atoms with E-state index < -0.39 is 0 Å². The molecule has 0 heterocycles. The van der Waals surface area contributed by atoms with Crippen molar-refractivity contribution in [3.05, 3.63) is 35.6 Å². The first-order valence-electron chi connectivity index (χ1n) is 7.34. The third-order valence-electron chi connectivity index (χ3n) is 3.85. The minimum Gasteiger partial charge on any atom is -0.409 e. The van der Waals surface area contributed by atoms with E-state index >= 15 is 0 Å². The van der Waals surface area contributed by atoms with Gasteiger partial charge in [-0.3, -0.25) is 0 Å². The Morgan fingerprint density at radius 1 is 1.38 bits per heavy atom. The highest BCUT2D eigenvalue weighted by molar-refractivity contribution is 5.85. The smallest absolute Gasteiger partial charge is 0.144 e. The van der Waals surface area contributed by atoms with E-state index in [1.165, 1.54) is 6.07 Å². The van der Waals surface area contributed by atoms with E-state index in [0.717, 1.165) is 25.8 Å². The Balaban J connectivity index is 2.31. The van der Waals surface area contributed by atoms with Crippen LogP contribution in [0.25, 0.3) is 0 Å². The molecule has 0 saturated heterocycles. The molecular weight excluding hydrogens is 269 g/mol. The number of amidine groups is 1. The maximum atomic E-state index is 13.6. The van der Waals surface area contributed by atoms with Gasteiger partial charge in [-0.25, -0.2) is 4.39 Å². The fraction of sp³-hybridized carbons (Fsp3) is 0.562. The number of nitrogens with one attached hydrogen (secondary N) is 1. The van der Waals surface area contributed by atoms with E-state index in [2.05, 4.69) is 10.5 Å². The van der Waals surface area contributed by atoms with E-state index in [9.17, 15) is 4.39 Å². The first kappa shape index (κ1) is 17.4. The molecule has 1 rings (SSSR count). The molecule has 118 valence electrons. The number of oxime groups is 1. The number of unbranched alkanes of at least 4 members (excludes halogenated alkanes) is 1. The Labute approximate surface area is 126 Å². The van der Waals surface area contributed by atoms with Crippen LogP contribution in [-0.4, -0.2) is 17.6 Å². The zero-order valence-corrected chi connectivity index (χ0v) is 13.1. The SMILES string of the molecule is CC(NCCCCC(C)(C)/C(N)=N/O)c1ccccc1F. The number of rotatable bonds is 8. The maximum Gasteiger partial charge on any atom is 0.144 e. The number of halogens is 1. The molecule has 1 atom stereocenters. The summed E-state index contributed by atoms with van der Waals surface area (Å²) < 4.78 is 13.6. The molecular formula is C16H26FN3O. The van der Waals surface area contributed by atoms with Gasteiger partial charge in [-0.2, -0.15) is 0 Å². The third kappa shape index (κ3) is 5.34. The van der Waals surface area contributed by atoms with Crippen LogP contribution in [0.5, 0.6) is 0 Å². The number of nitrogens with zero attached hydrogens (tertiary/aromatic N) is 1. The molecule has 1 aromatic carbocycles. The number of hydrogen-bond acceptors (Lipinski definition) is 3. The first-order valence-corrected chi connectivity index (χ1v) is 7.34. The van der Waals surface area contributed by atoms with Crippen LogP contribution in [-0.2, 0) is 0 Å². The average Bonchev–Trinajstić information content (AvgIpc) is 2.46. The van der Waals surface area contributed by atoms with Gasteiger partial charge in [0.25, 0.3) is 0 Å². The van der Waals surface area contributed by atoms with E-state index in [0.29, 0.717) is 5.56 Å². The lowest BCUT2D eigenvalue weighted by molar-refractivity contribution is 0.304. The molecule has 0 aliphatic rings. The van der Waals surface area contributed by atoms with E-state index in [1.54, 1.807) is 12.1 Å². The van der Waals surface area contributed by atoms with Crippen LogP contribution in [0.15, 0.2) is 29.4 Å². The molecule has 0 amide bonds. The Morgan fingerprint density at radius 2 is 2.05 bits per heavy atom. The Hall–Kier alpha value is -1.62. The molecule has 1 unspecified atom stereocenters. The Kier molecular flexibility index (Phi) is 6.62. The normalized spacial score (nSPS) is 14.2. The van der Waals surface area contributed by atoms with Crippen molar-refractivity contribution in [1.29, 1.82) is 0 Å². The molecule has 1 aromatic rings. The second-order valence-corrected chi connectivity index (χ2v) is 6.02. The van der Waals surface area contributed by atoms with Crippen LogP contribution >= 0.6 is 0 Å². The zero-order valence-electron chi connectivity index (χ0n) is 13.1. The van der Waals surface area contributed by atoms with Gasteiger partial charge in [0, 0.05) is 17.0 Å². The predicted octanol–water partition coefficient (Wildman–Crippen LogP) is 3.42. The van der Waals surface area contributed by atoms with Crippen molar-refractivity contribution in [3.8, 4) is 0 Å². The largest absolute Gasteiger partial charge is 0.409 e. The molecule has 0 saturated carbocycles. The highest BCUT2D eigenvalue weighted by atomic mass is 19.1. The van der Waals surface area contributed by atoms with Gasteiger partial charge in [0.15, 0.2) is 0 Å². The van der Waals surface area contributed by atoms with Gasteiger partial charge in [0.1, 0.15) is 11.7 Å². The minimum absolute atomic E-state index is 0.0108. The van der Waals surface area contributed by atoms with Crippen molar-refractivity contribution in [2.45, 2.75) is 46.1 Å². The van der Waals surface area contributed by atoms with Crippen LogP contribution in [0.4, 0.5) is 4.39 Å². The van der Waals surface area contributed by atoms with Crippen molar-refractivity contribution >= 4 is 5.84 Å². The Bertz CT molecular complexity index is 474. The molecule has 4 nitrogen and oxygen atoms in total. The fourth-order valence-electron chi connectivity index (χ4n) is 2.21. The van der Waals surface area contributed by atoms with Crippen molar-refractivity contribution < 1.29 is 9.60 Å². The van der Waals surface area contributed by atoms with Crippen LogP contribution in [0.3, 0.4) is 0 Å². The predicted molar refractivity (Wildman–Crippen MR) is 83.9 cm³/mol. The molecule has 21 heavy (non-hydrogen) atoms. The summed E-state index contributed by atoms with van der Waals surface area (Å²) in [6, 6.07) is 6.81. The monoisotopic (exact) mass is 295 g/mol. The van der Waals surface area contributed by atoms with Crippen LogP contribution < -0.4 is 11.1 Å².